The van der Waals surface area contributed by atoms with Gasteiger partial charge in [0.05, 0.1) is 32.8 Å². The van der Waals surface area contributed by atoms with Crippen molar-refractivity contribution in [2.45, 2.75) is 49.7 Å². The number of carbonyl (C=O) groups is 1. The minimum atomic E-state index is -4.92. The maximum absolute atomic E-state index is 14.1. The number of benzene rings is 2. The Hall–Kier alpha value is -1.90. The van der Waals surface area contributed by atoms with E-state index in [0.29, 0.717) is 0 Å². The fraction of sp³-hybridized carbons (Fsp3) is 0.381. The molecule has 0 radical (unpaired) electrons. The van der Waals surface area contributed by atoms with Crippen LogP contribution in [0.3, 0.4) is 0 Å². The number of alkyl halides is 4. The van der Waals surface area contributed by atoms with Gasteiger partial charge in [-0.3, -0.25) is 4.79 Å². The highest BCUT2D eigenvalue weighted by atomic mass is 35.5. The first kappa shape index (κ1) is 23.8. The molecule has 168 valence electrons. The molecule has 0 aromatic heterocycles. The maximum Gasteiger partial charge on any atom is 0.418 e. The smallest absolute Gasteiger partial charge is 0.387 e. The largest absolute Gasteiger partial charge is 0.418 e. The van der Waals surface area contributed by atoms with E-state index in [-0.39, 0.29) is 31.2 Å². The van der Waals surface area contributed by atoms with Gasteiger partial charge in [0, 0.05) is 0 Å². The molecule has 1 atom stereocenters. The lowest BCUT2D eigenvalue weighted by atomic mass is 9.76. The molecule has 31 heavy (non-hydrogen) atoms. The molecule has 1 unspecified atom stereocenters. The van der Waals surface area contributed by atoms with Crippen LogP contribution in [0, 0.1) is 5.82 Å². The lowest BCUT2D eigenvalue weighted by Crippen LogP contribution is -2.49. The summed E-state index contributed by atoms with van der Waals surface area (Å²) in [5, 5.41) is 12.5. The summed E-state index contributed by atoms with van der Waals surface area (Å²) in [7, 11) is 0. The van der Waals surface area contributed by atoms with E-state index < -0.39 is 56.9 Å². The van der Waals surface area contributed by atoms with Gasteiger partial charge < -0.3 is 10.4 Å². The van der Waals surface area contributed by atoms with Gasteiger partial charge in [0.15, 0.2) is 0 Å². The Morgan fingerprint density at radius 2 is 1.74 bits per heavy atom. The lowest BCUT2D eigenvalue weighted by molar-refractivity contribution is -0.137. The van der Waals surface area contributed by atoms with E-state index in [2.05, 4.69) is 5.32 Å². The van der Waals surface area contributed by atoms with Crippen LogP contribution < -0.4 is 5.32 Å². The van der Waals surface area contributed by atoms with Gasteiger partial charge in [0.2, 0.25) is 0 Å². The summed E-state index contributed by atoms with van der Waals surface area (Å²) in [4.78, 5) is 12.9. The van der Waals surface area contributed by atoms with Crippen LogP contribution in [-0.2, 0) is 6.18 Å². The van der Waals surface area contributed by atoms with Crippen molar-refractivity contribution >= 4 is 29.1 Å². The Kier molecular flexibility index (Phi) is 6.84. The van der Waals surface area contributed by atoms with E-state index in [4.69, 9.17) is 23.2 Å². The molecular formula is C21H18Cl2F5NO2. The van der Waals surface area contributed by atoms with Crippen molar-refractivity contribution in [1.82, 2.24) is 5.32 Å². The molecule has 0 aliphatic heterocycles. The molecule has 2 N–H and O–H groups in total. The van der Waals surface area contributed by atoms with Crippen LogP contribution in [0.2, 0.25) is 10.0 Å². The molecule has 1 fully saturated rings. The third-order valence-corrected chi connectivity index (χ3v) is 6.14. The van der Waals surface area contributed by atoms with Gasteiger partial charge >= 0.3 is 6.18 Å². The normalized spacial score (nSPS) is 22.8. The molecule has 0 bridgehead atoms. The maximum atomic E-state index is 14.1. The molecular weight excluding hydrogens is 464 g/mol. The second-order valence-electron chi connectivity index (χ2n) is 7.49. The molecule has 1 saturated carbocycles. The summed E-state index contributed by atoms with van der Waals surface area (Å²) < 4.78 is 68.2. The Labute approximate surface area is 185 Å². The Morgan fingerprint density at radius 1 is 1.13 bits per heavy atom. The number of amides is 1. The standard InChI is InChI=1S/C21H18Cl2F5NO2/c22-14-5-1-3-12(16(14)21(26,27)28)19(30)29-18(13-4-2-6-15(25)17(13)23)20(31)9-7-11(24)8-10-20/h1-6,11,18,31H,7-10H2,(H,29,30)/t11-,18?,20-. The molecule has 2 aromatic rings. The van der Waals surface area contributed by atoms with E-state index in [1.165, 1.54) is 18.2 Å². The van der Waals surface area contributed by atoms with E-state index in [9.17, 15) is 31.9 Å². The van der Waals surface area contributed by atoms with Crippen molar-refractivity contribution in [2.75, 3.05) is 0 Å². The van der Waals surface area contributed by atoms with Crippen LogP contribution in [0.5, 0.6) is 0 Å². The van der Waals surface area contributed by atoms with Crippen LogP contribution in [0.4, 0.5) is 22.0 Å². The van der Waals surface area contributed by atoms with E-state index in [1.54, 1.807) is 0 Å². The number of hydrogen-bond donors (Lipinski definition) is 2. The molecule has 0 saturated heterocycles. The zero-order valence-corrected chi connectivity index (χ0v) is 17.5. The minimum absolute atomic E-state index is 0.0228. The molecule has 10 heteroatoms. The topological polar surface area (TPSA) is 49.3 Å². The Morgan fingerprint density at radius 3 is 2.35 bits per heavy atom. The predicted octanol–water partition coefficient (Wildman–Crippen LogP) is 6.27. The van der Waals surface area contributed by atoms with Gasteiger partial charge in [-0.25, -0.2) is 8.78 Å². The summed E-state index contributed by atoms with van der Waals surface area (Å²) in [6, 6.07) is 5.44. The summed E-state index contributed by atoms with van der Waals surface area (Å²) in [6.07, 6.45) is -6.34. The van der Waals surface area contributed by atoms with Crippen molar-refractivity contribution < 1.29 is 31.9 Å². The first-order valence-corrected chi connectivity index (χ1v) is 10.2. The second-order valence-corrected chi connectivity index (χ2v) is 8.27. The number of carbonyl (C=O) groups excluding carboxylic acids is 1. The summed E-state index contributed by atoms with van der Waals surface area (Å²) >= 11 is 11.7. The Balaban J connectivity index is 2.05. The van der Waals surface area contributed by atoms with Gasteiger partial charge in [-0.15, -0.1) is 0 Å². The summed E-state index contributed by atoms with van der Waals surface area (Å²) in [5.74, 6) is -2.02. The molecule has 3 nitrogen and oxygen atoms in total. The highest BCUT2D eigenvalue weighted by molar-refractivity contribution is 6.32. The monoisotopic (exact) mass is 481 g/mol. The quantitative estimate of drug-likeness (QED) is 0.505. The first-order chi connectivity index (χ1) is 14.4. The van der Waals surface area contributed by atoms with Crippen LogP contribution >= 0.6 is 23.2 Å². The van der Waals surface area contributed by atoms with E-state index >= 15 is 0 Å². The number of rotatable bonds is 4. The minimum Gasteiger partial charge on any atom is -0.387 e. The second kappa shape index (κ2) is 8.92. The SMILES string of the molecule is O=C(NC(c1cccc(F)c1Cl)[C@]1(O)CC[C@H](F)CC1)c1cccc(Cl)c1C(F)(F)F. The van der Waals surface area contributed by atoms with E-state index in [0.717, 1.165) is 18.2 Å². The molecule has 2 aromatic carbocycles. The van der Waals surface area contributed by atoms with Crippen LogP contribution in [0.1, 0.15) is 53.2 Å². The summed E-state index contributed by atoms with van der Waals surface area (Å²) in [6.45, 7) is 0. The van der Waals surface area contributed by atoms with Crippen molar-refractivity contribution in [3.8, 4) is 0 Å². The number of hydrogen-bond acceptors (Lipinski definition) is 2. The third kappa shape index (κ3) is 4.96. The molecule has 1 aliphatic rings. The number of halogens is 7. The molecule has 1 aliphatic carbocycles. The van der Waals surface area contributed by atoms with Gasteiger partial charge in [-0.05, 0) is 49.4 Å². The Bertz CT molecular complexity index is 975. The van der Waals surface area contributed by atoms with Crippen molar-refractivity contribution in [1.29, 1.82) is 0 Å². The zero-order valence-electron chi connectivity index (χ0n) is 15.9. The van der Waals surface area contributed by atoms with Crippen molar-refractivity contribution in [3.05, 3.63) is 69.0 Å². The fourth-order valence-electron chi connectivity index (χ4n) is 3.83. The fourth-order valence-corrected chi connectivity index (χ4v) is 4.34. The van der Waals surface area contributed by atoms with Crippen LogP contribution in [0.15, 0.2) is 36.4 Å². The van der Waals surface area contributed by atoms with Crippen LogP contribution in [-0.4, -0.2) is 22.8 Å². The summed E-state index contributed by atoms with van der Waals surface area (Å²) in [5.41, 5.74) is -3.87. The van der Waals surface area contributed by atoms with Crippen molar-refractivity contribution in [3.63, 3.8) is 0 Å². The molecule has 0 heterocycles. The predicted molar refractivity (Wildman–Crippen MR) is 106 cm³/mol. The van der Waals surface area contributed by atoms with Gasteiger partial charge in [0.25, 0.3) is 5.91 Å². The van der Waals surface area contributed by atoms with Crippen molar-refractivity contribution in [2.24, 2.45) is 0 Å². The molecule has 1 amide bonds. The van der Waals surface area contributed by atoms with Crippen LogP contribution in [0.25, 0.3) is 0 Å². The lowest BCUT2D eigenvalue weighted by Gasteiger charge is -2.41. The highest BCUT2D eigenvalue weighted by Gasteiger charge is 2.44. The van der Waals surface area contributed by atoms with Gasteiger partial charge in [0.1, 0.15) is 12.0 Å². The number of nitrogens with one attached hydrogen (secondary N) is 1. The van der Waals surface area contributed by atoms with Gasteiger partial charge in [-0.2, -0.15) is 13.2 Å². The molecule has 3 rings (SSSR count). The number of aliphatic hydroxyl groups is 1. The molecule has 0 spiro atoms. The third-order valence-electron chi connectivity index (χ3n) is 5.43. The highest BCUT2D eigenvalue weighted by Crippen LogP contribution is 2.43. The van der Waals surface area contributed by atoms with Gasteiger partial charge in [-0.1, -0.05) is 41.4 Å². The first-order valence-electron chi connectivity index (χ1n) is 9.41. The van der Waals surface area contributed by atoms with E-state index in [1.807, 2.05) is 0 Å². The average Bonchev–Trinajstić information content (AvgIpc) is 2.69. The average molecular weight is 482 g/mol. The zero-order chi connectivity index (χ0) is 23.0.